The van der Waals surface area contributed by atoms with Crippen molar-refractivity contribution in [1.29, 1.82) is 0 Å². The van der Waals surface area contributed by atoms with Crippen molar-refractivity contribution in [2.75, 3.05) is 18.9 Å². The number of nitrogens with two attached hydrogens (primary N) is 2. The Balaban J connectivity index is 0.00000480. The molecule has 0 aliphatic carbocycles. The largest absolute Gasteiger partial charge is 1.00 e. The maximum Gasteiger partial charge on any atom is 1.00 e. The van der Waals surface area contributed by atoms with E-state index >= 15 is 0 Å². The van der Waals surface area contributed by atoms with E-state index < -0.39 is 65.2 Å². The number of ether oxygens (including phenoxy) is 1. The van der Waals surface area contributed by atoms with Crippen molar-refractivity contribution >= 4 is 56.4 Å². The van der Waals surface area contributed by atoms with Gasteiger partial charge in [-0.05, 0) is 0 Å². The van der Waals surface area contributed by atoms with Gasteiger partial charge in [-0.25, -0.2) is 18.9 Å². The monoisotopic (exact) mass is 490 g/mol. The van der Waals surface area contributed by atoms with Crippen LogP contribution in [0.2, 0.25) is 0 Å². The molecular formula is C12H15N6NaO10S2. The van der Waals surface area contributed by atoms with Crippen LogP contribution in [0.1, 0.15) is 7.12 Å². The van der Waals surface area contributed by atoms with E-state index in [1.165, 1.54) is 5.38 Å². The molecule has 19 heteroatoms. The van der Waals surface area contributed by atoms with Crippen molar-refractivity contribution in [2.24, 2.45) is 10.9 Å². The van der Waals surface area contributed by atoms with E-state index in [1.54, 1.807) is 0 Å². The molecular weight excluding hydrogens is 475 g/mol. The SMILES string of the molecule is NC(=O)OC[C@@H]1[C@H](NC(=O)/C(=N\OCC(=O)O)c2csc(N)n2)C(=O)N1S(=O)(=O)O.[H-].[Na+]. The number of hydrogen-bond acceptors (Lipinski definition) is 12. The van der Waals surface area contributed by atoms with Gasteiger partial charge in [0.15, 0.2) is 10.8 Å². The van der Waals surface area contributed by atoms with Gasteiger partial charge < -0.3 is 32.9 Å². The maximum absolute atomic E-state index is 12.6. The Hall–Kier alpha value is -2.51. The number of β-lactam (4-membered cyclic amide) rings is 1. The van der Waals surface area contributed by atoms with Gasteiger partial charge >= 0.3 is 51.9 Å². The molecule has 1 aliphatic heterocycles. The minimum Gasteiger partial charge on any atom is -1.00 e. The number of thiazole rings is 1. The van der Waals surface area contributed by atoms with Crippen LogP contribution in [0.3, 0.4) is 0 Å². The summed E-state index contributed by atoms with van der Waals surface area (Å²) in [6.07, 6.45) is -1.29. The average molecular weight is 490 g/mol. The third-order valence-electron chi connectivity index (χ3n) is 3.42. The number of carboxylic acid groups (broad SMARTS) is 1. The van der Waals surface area contributed by atoms with Crippen LogP contribution in [0, 0.1) is 0 Å². The standard InChI is InChI=1S/C12H14N6O10S2.Na.H/c13-11-15-4(3-29-11)7(17-28-2-6(19)20)9(21)16-8-5(1-27-12(14)23)18(10(8)22)30(24,25)26;;/h3,5,8H,1-2H2,(H2,13,15)(H2,14,23)(H,16,21)(H,19,20)(H,24,25,26);;/q;+1;-1/b17-7-;;/t5-,8+;;/m1../s1. The summed E-state index contributed by atoms with van der Waals surface area (Å²) in [6.45, 7) is -1.66. The number of hydrogen-bond donors (Lipinski definition) is 5. The normalized spacial score (nSPS) is 18.4. The summed E-state index contributed by atoms with van der Waals surface area (Å²) in [5, 5.41) is 15.4. The van der Waals surface area contributed by atoms with E-state index in [-0.39, 0.29) is 46.1 Å². The number of amides is 3. The van der Waals surface area contributed by atoms with E-state index in [4.69, 9.17) is 21.1 Å². The number of rotatable bonds is 9. The summed E-state index contributed by atoms with van der Waals surface area (Å²) in [5.41, 5.74) is 9.58. The number of nitrogens with zero attached hydrogens (tertiary/aromatic N) is 3. The van der Waals surface area contributed by atoms with E-state index in [0.29, 0.717) is 0 Å². The van der Waals surface area contributed by atoms with Gasteiger partial charge in [-0.2, -0.15) is 8.42 Å². The molecule has 0 aromatic carbocycles. The number of anilines is 1. The van der Waals surface area contributed by atoms with E-state index in [9.17, 15) is 27.6 Å². The number of aromatic nitrogens is 1. The predicted molar refractivity (Wildman–Crippen MR) is 97.4 cm³/mol. The van der Waals surface area contributed by atoms with E-state index in [0.717, 1.165) is 11.3 Å². The molecule has 1 saturated heterocycles. The van der Waals surface area contributed by atoms with Gasteiger partial charge in [0.1, 0.15) is 24.4 Å². The summed E-state index contributed by atoms with van der Waals surface area (Å²) in [6, 6.07) is -3.08. The zero-order chi connectivity index (χ0) is 22.6. The fourth-order valence-corrected chi connectivity index (χ4v) is 3.67. The van der Waals surface area contributed by atoms with E-state index in [1.807, 2.05) is 0 Å². The minimum absolute atomic E-state index is 0. The Morgan fingerprint density at radius 2 is 2.06 bits per heavy atom. The number of nitrogens with one attached hydrogen (secondary N) is 1. The van der Waals surface area contributed by atoms with Crippen LogP contribution in [-0.2, 0) is 34.3 Å². The topological polar surface area (TPSA) is 254 Å². The van der Waals surface area contributed by atoms with Crippen molar-refractivity contribution in [3.63, 3.8) is 0 Å². The van der Waals surface area contributed by atoms with Gasteiger partial charge in [0, 0.05) is 5.38 Å². The average Bonchev–Trinajstić information content (AvgIpc) is 3.04. The molecule has 3 amide bonds. The number of primary amides is 1. The van der Waals surface area contributed by atoms with Gasteiger partial charge in [0.05, 0.1) is 0 Å². The second-order valence-electron chi connectivity index (χ2n) is 5.44. The first-order valence-corrected chi connectivity index (χ1v) is 9.86. The summed E-state index contributed by atoms with van der Waals surface area (Å²) in [7, 11) is -5.02. The quantitative estimate of drug-likeness (QED) is 0.0713. The third kappa shape index (κ3) is 6.74. The fraction of sp³-hybridized carbons (Fsp3) is 0.333. The van der Waals surface area contributed by atoms with Gasteiger partial charge in [0.2, 0.25) is 6.61 Å². The molecule has 1 aromatic rings. The molecule has 2 rings (SSSR count). The fourth-order valence-electron chi connectivity index (χ4n) is 2.26. The van der Waals surface area contributed by atoms with E-state index in [2.05, 4.69) is 25.0 Å². The Labute approximate surface area is 201 Å². The summed E-state index contributed by atoms with van der Waals surface area (Å²) >= 11 is 0.920. The molecule has 166 valence electrons. The van der Waals surface area contributed by atoms with Crippen molar-refractivity contribution < 1.29 is 77.8 Å². The Morgan fingerprint density at radius 3 is 2.55 bits per heavy atom. The van der Waals surface area contributed by atoms with Crippen molar-refractivity contribution in [2.45, 2.75) is 12.1 Å². The molecule has 2 heterocycles. The van der Waals surface area contributed by atoms with Crippen LogP contribution in [0.15, 0.2) is 10.5 Å². The number of oxime groups is 1. The van der Waals surface area contributed by atoms with Crippen LogP contribution in [0.4, 0.5) is 9.93 Å². The molecule has 1 fully saturated rings. The first-order valence-electron chi connectivity index (χ1n) is 7.58. The van der Waals surface area contributed by atoms with Crippen LogP contribution in [0.5, 0.6) is 0 Å². The second-order valence-corrected chi connectivity index (χ2v) is 7.62. The molecule has 1 aliphatic rings. The van der Waals surface area contributed by atoms with Gasteiger partial charge in [-0.15, -0.1) is 11.3 Å². The summed E-state index contributed by atoms with van der Waals surface area (Å²) < 4.78 is 36.2. The molecule has 31 heavy (non-hydrogen) atoms. The number of carboxylic acids is 1. The van der Waals surface area contributed by atoms with Crippen LogP contribution in [0.25, 0.3) is 0 Å². The summed E-state index contributed by atoms with van der Waals surface area (Å²) in [5.74, 6) is -3.76. The van der Waals surface area contributed by atoms with Gasteiger partial charge in [-0.1, -0.05) is 5.16 Å². The Kier molecular flexibility index (Phi) is 9.14. The molecule has 2 atom stereocenters. The first-order chi connectivity index (χ1) is 13.9. The van der Waals surface area contributed by atoms with Gasteiger partial charge in [-0.3, -0.25) is 14.1 Å². The molecule has 0 radical (unpaired) electrons. The van der Waals surface area contributed by atoms with Crippen molar-refractivity contribution in [1.82, 2.24) is 14.6 Å². The second kappa shape index (κ2) is 10.7. The third-order valence-corrected chi connectivity index (χ3v) is 5.05. The molecule has 0 unspecified atom stereocenters. The number of aliphatic carboxylic acids is 1. The maximum atomic E-state index is 12.6. The molecule has 0 spiro atoms. The Morgan fingerprint density at radius 1 is 1.42 bits per heavy atom. The van der Waals surface area contributed by atoms with Crippen LogP contribution < -0.4 is 46.3 Å². The minimum atomic E-state index is -5.02. The molecule has 0 bridgehead atoms. The number of nitrogen functional groups attached to an aromatic ring is 1. The Bertz CT molecular complexity index is 1020. The number of carbonyl (C=O) groups excluding carboxylic acids is 3. The van der Waals surface area contributed by atoms with Gasteiger partial charge in [0.25, 0.3) is 11.8 Å². The smallest absolute Gasteiger partial charge is 1.00 e. The molecule has 7 N–H and O–H groups in total. The van der Waals surface area contributed by atoms with Crippen LogP contribution >= 0.6 is 11.3 Å². The molecule has 0 saturated carbocycles. The van der Waals surface area contributed by atoms with Crippen molar-refractivity contribution in [3.05, 3.63) is 11.1 Å². The molecule has 16 nitrogen and oxygen atoms in total. The number of carbonyl (C=O) groups is 4. The zero-order valence-corrected chi connectivity index (χ0v) is 19.3. The van der Waals surface area contributed by atoms with Crippen molar-refractivity contribution in [3.8, 4) is 0 Å². The molecule has 1 aromatic heterocycles. The predicted octanol–water partition coefficient (Wildman–Crippen LogP) is -5.76. The summed E-state index contributed by atoms with van der Waals surface area (Å²) in [4.78, 5) is 54.3. The van der Waals surface area contributed by atoms with Crippen LogP contribution in [-0.4, -0.2) is 82.3 Å². The zero-order valence-electron chi connectivity index (χ0n) is 16.6. The first kappa shape index (κ1) is 26.5.